The van der Waals surface area contributed by atoms with Gasteiger partial charge in [0.2, 0.25) is 5.78 Å². The summed E-state index contributed by atoms with van der Waals surface area (Å²) in [6.07, 6.45) is 0. The Morgan fingerprint density at radius 3 is 2.39 bits per heavy atom. The molecule has 0 unspecified atom stereocenters. The summed E-state index contributed by atoms with van der Waals surface area (Å²) >= 11 is 1.31. The van der Waals surface area contributed by atoms with Gasteiger partial charge in [-0.1, -0.05) is 24.3 Å². The normalized spacial score (nSPS) is 10.5. The van der Waals surface area contributed by atoms with E-state index in [2.05, 4.69) is 4.98 Å². The van der Waals surface area contributed by atoms with Gasteiger partial charge in [-0.25, -0.2) is 4.79 Å². The highest BCUT2D eigenvalue weighted by molar-refractivity contribution is 7.17. The molecule has 0 aliphatic heterocycles. The summed E-state index contributed by atoms with van der Waals surface area (Å²) in [6.45, 7) is 1.91. The molecule has 2 heterocycles. The monoisotopic (exact) mass is 323 g/mol. The van der Waals surface area contributed by atoms with Gasteiger partial charge in [0.15, 0.2) is 0 Å². The number of pyridine rings is 1. The molecule has 0 saturated heterocycles. The standard InChI is InChI=1S/C18H13NO3S/c1-11-5-4-8-14(19-11)15-9-10-16(23-15)17(20)12-6-2-3-7-13(12)18(21)22/h2-10H,1H3,(H,21,22). The first-order valence-corrected chi connectivity index (χ1v) is 7.79. The van der Waals surface area contributed by atoms with Crippen molar-refractivity contribution in [1.29, 1.82) is 0 Å². The molecular weight excluding hydrogens is 310 g/mol. The summed E-state index contributed by atoms with van der Waals surface area (Å²) in [5.74, 6) is -1.39. The number of hydrogen-bond donors (Lipinski definition) is 1. The lowest BCUT2D eigenvalue weighted by molar-refractivity contribution is 0.0693. The van der Waals surface area contributed by atoms with Crippen molar-refractivity contribution in [1.82, 2.24) is 4.98 Å². The first-order valence-electron chi connectivity index (χ1n) is 6.97. The average Bonchev–Trinajstić information content (AvgIpc) is 3.04. The van der Waals surface area contributed by atoms with Gasteiger partial charge in [0.1, 0.15) is 0 Å². The number of nitrogens with zero attached hydrogens (tertiary/aromatic N) is 1. The van der Waals surface area contributed by atoms with Crippen molar-refractivity contribution in [3.05, 3.63) is 76.3 Å². The number of rotatable bonds is 4. The number of ketones is 1. The molecule has 1 N–H and O–H groups in total. The SMILES string of the molecule is Cc1cccc(-c2ccc(C(=O)c3ccccc3C(=O)O)s2)n1. The van der Waals surface area contributed by atoms with E-state index in [9.17, 15) is 14.7 Å². The number of thiophene rings is 1. The summed E-state index contributed by atoms with van der Waals surface area (Å²) < 4.78 is 0. The third kappa shape index (κ3) is 3.05. The molecule has 0 saturated carbocycles. The maximum atomic E-state index is 12.6. The Kier molecular flexibility index (Phi) is 4.04. The fourth-order valence-electron chi connectivity index (χ4n) is 2.28. The minimum atomic E-state index is -1.11. The second-order valence-corrected chi connectivity index (χ2v) is 6.09. The Balaban J connectivity index is 1.98. The van der Waals surface area contributed by atoms with Crippen molar-refractivity contribution >= 4 is 23.1 Å². The van der Waals surface area contributed by atoms with Gasteiger partial charge in [-0.05, 0) is 37.3 Å². The lowest BCUT2D eigenvalue weighted by Gasteiger charge is -2.03. The Morgan fingerprint density at radius 2 is 1.70 bits per heavy atom. The molecule has 1 aromatic carbocycles. The number of aromatic carboxylic acids is 1. The average molecular weight is 323 g/mol. The van der Waals surface area contributed by atoms with E-state index in [1.54, 1.807) is 18.2 Å². The Bertz CT molecular complexity index is 899. The molecule has 5 heteroatoms. The van der Waals surface area contributed by atoms with Crippen LogP contribution in [0, 0.1) is 6.92 Å². The van der Waals surface area contributed by atoms with Crippen LogP contribution in [0.2, 0.25) is 0 Å². The van der Waals surface area contributed by atoms with E-state index in [0.717, 1.165) is 16.3 Å². The van der Waals surface area contributed by atoms with Crippen LogP contribution >= 0.6 is 11.3 Å². The second-order valence-electron chi connectivity index (χ2n) is 5.01. The van der Waals surface area contributed by atoms with Gasteiger partial charge < -0.3 is 5.11 Å². The van der Waals surface area contributed by atoms with E-state index in [1.165, 1.54) is 23.5 Å². The molecule has 4 nitrogen and oxygen atoms in total. The fraction of sp³-hybridized carbons (Fsp3) is 0.0556. The van der Waals surface area contributed by atoms with Gasteiger partial charge in [0.25, 0.3) is 0 Å². The van der Waals surface area contributed by atoms with Gasteiger partial charge in [0, 0.05) is 11.3 Å². The molecule has 0 bridgehead atoms. The minimum Gasteiger partial charge on any atom is -0.478 e. The van der Waals surface area contributed by atoms with Crippen LogP contribution < -0.4 is 0 Å². The smallest absolute Gasteiger partial charge is 0.336 e. The van der Waals surface area contributed by atoms with E-state index >= 15 is 0 Å². The van der Waals surface area contributed by atoms with Gasteiger partial charge in [-0.3, -0.25) is 9.78 Å². The van der Waals surface area contributed by atoms with E-state index in [-0.39, 0.29) is 16.9 Å². The molecule has 0 radical (unpaired) electrons. The fourth-order valence-corrected chi connectivity index (χ4v) is 3.21. The Labute approximate surface area is 137 Å². The number of benzene rings is 1. The van der Waals surface area contributed by atoms with Crippen LogP contribution in [0.1, 0.15) is 31.3 Å². The van der Waals surface area contributed by atoms with Crippen molar-refractivity contribution in [2.75, 3.05) is 0 Å². The second kappa shape index (κ2) is 6.14. The molecule has 114 valence electrons. The molecule has 3 aromatic rings. The van der Waals surface area contributed by atoms with Crippen LogP contribution in [0.15, 0.2) is 54.6 Å². The third-order valence-electron chi connectivity index (χ3n) is 3.37. The molecule has 23 heavy (non-hydrogen) atoms. The number of carboxylic acid groups (broad SMARTS) is 1. The largest absolute Gasteiger partial charge is 0.478 e. The predicted molar refractivity (Wildman–Crippen MR) is 89.1 cm³/mol. The number of aryl methyl sites for hydroxylation is 1. The quantitative estimate of drug-likeness (QED) is 0.736. The summed E-state index contributed by atoms with van der Waals surface area (Å²) in [5.41, 5.74) is 1.92. The molecule has 0 aliphatic carbocycles. The zero-order valence-corrected chi connectivity index (χ0v) is 13.1. The van der Waals surface area contributed by atoms with Crippen molar-refractivity contribution in [3.8, 4) is 10.6 Å². The summed E-state index contributed by atoms with van der Waals surface area (Å²) in [6, 6.07) is 15.5. The molecule has 0 fully saturated rings. The molecule has 0 amide bonds. The first-order chi connectivity index (χ1) is 11.1. The van der Waals surface area contributed by atoms with Crippen LogP contribution in [-0.2, 0) is 0 Å². The Hall–Kier alpha value is -2.79. The Morgan fingerprint density at radius 1 is 0.957 bits per heavy atom. The maximum absolute atomic E-state index is 12.6. The maximum Gasteiger partial charge on any atom is 0.336 e. The zero-order valence-electron chi connectivity index (χ0n) is 12.3. The summed E-state index contributed by atoms with van der Waals surface area (Å²) in [7, 11) is 0. The lowest BCUT2D eigenvalue weighted by atomic mass is 10.0. The third-order valence-corrected chi connectivity index (χ3v) is 4.48. The number of carbonyl (C=O) groups excluding carboxylic acids is 1. The first kappa shape index (κ1) is 15.1. The number of hydrogen-bond acceptors (Lipinski definition) is 4. The van der Waals surface area contributed by atoms with Crippen molar-refractivity contribution in [2.24, 2.45) is 0 Å². The molecule has 0 aliphatic rings. The molecular formula is C18H13NO3S. The predicted octanol–water partition coefficient (Wildman–Crippen LogP) is 4.05. The molecule has 3 rings (SSSR count). The highest BCUT2D eigenvalue weighted by Gasteiger charge is 2.19. The highest BCUT2D eigenvalue weighted by atomic mass is 32.1. The number of carboxylic acids is 1. The van der Waals surface area contributed by atoms with Gasteiger partial charge in [0.05, 0.1) is 21.0 Å². The van der Waals surface area contributed by atoms with Crippen LogP contribution in [-0.4, -0.2) is 21.8 Å². The van der Waals surface area contributed by atoms with Crippen LogP contribution in [0.4, 0.5) is 0 Å². The topological polar surface area (TPSA) is 67.3 Å². The molecule has 2 aromatic heterocycles. The highest BCUT2D eigenvalue weighted by Crippen LogP contribution is 2.29. The van der Waals surface area contributed by atoms with Crippen LogP contribution in [0.3, 0.4) is 0 Å². The van der Waals surface area contributed by atoms with E-state index in [1.807, 2.05) is 31.2 Å². The van der Waals surface area contributed by atoms with Gasteiger partial charge >= 0.3 is 5.97 Å². The van der Waals surface area contributed by atoms with Gasteiger partial charge in [-0.15, -0.1) is 11.3 Å². The van der Waals surface area contributed by atoms with Gasteiger partial charge in [-0.2, -0.15) is 0 Å². The number of aromatic nitrogens is 1. The van der Waals surface area contributed by atoms with E-state index in [0.29, 0.717) is 4.88 Å². The lowest BCUT2D eigenvalue weighted by Crippen LogP contribution is -2.08. The van der Waals surface area contributed by atoms with Crippen LogP contribution in [0.25, 0.3) is 10.6 Å². The number of carbonyl (C=O) groups is 2. The minimum absolute atomic E-state index is 0.0149. The van der Waals surface area contributed by atoms with Crippen molar-refractivity contribution in [3.63, 3.8) is 0 Å². The molecule has 0 spiro atoms. The van der Waals surface area contributed by atoms with Crippen molar-refractivity contribution < 1.29 is 14.7 Å². The van der Waals surface area contributed by atoms with Crippen molar-refractivity contribution in [2.45, 2.75) is 6.92 Å². The van der Waals surface area contributed by atoms with E-state index < -0.39 is 5.97 Å². The zero-order chi connectivity index (χ0) is 16.4. The molecule has 0 atom stereocenters. The van der Waals surface area contributed by atoms with Crippen LogP contribution in [0.5, 0.6) is 0 Å². The van der Waals surface area contributed by atoms with E-state index in [4.69, 9.17) is 0 Å². The summed E-state index contributed by atoms with van der Waals surface area (Å²) in [5, 5.41) is 9.22. The summed E-state index contributed by atoms with van der Waals surface area (Å²) in [4.78, 5) is 29.7.